The molecular formula is C14H19BrN2O3. The quantitative estimate of drug-likeness (QED) is 0.767. The van der Waals surface area contributed by atoms with Gasteiger partial charge in [0.1, 0.15) is 6.04 Å². The second-order valence-electron chi connectivity index (χ2n) is 4.71. The van der Waals surface area contributed by atoms with Crippen LogP contribution in [0.25, 0.3) is 0 Å². The smallest absolute Gasteiger partial charge is 0.326 e. The first-order valence-electron chi connectivity index (χ1n) is 6.42. The van der Waals surface area contributed by atoms with Crippen LogP contribution in [0.5, 0.6) is 0 Å². The van der Waals surface area contributed by atoms with E-state index in [9.17, 15) is 9.59 Å². The van der Waals surface area contributed by atoms with Gasteiger partial charge in [-0.05, 0) is 30.5 Å². The summed E-state index contributed by atoms with van der Waals surface area (Å²) in [5.41, 5.74) is 1.53. The van der Waals surface area contributed by atoms with Gasteiger partial charge in [0.2, 0.25) is 0 Å². The Morgan fingerprint density at radius 3 is 2.60 bits per heavy atom. The minimum absolute atomic E-state index is 0.137. The van der Waals surface area contributed by atoms with E-state index in [2.05, 4.69) is 26.6 Å². The largest absolute Gasteiger partial charge is 0.480 e. The lowest BCUT2D eigenvalue weighted by Gasteiger charge is -2.20. The van der Waals surface area contributed by atoms with Gasteiger partial charge in [0.25, 0.3) is 0 Å². The van der Waals surface area contributed by atoms with Crippen LogP contribution in [0.2, 0.25) is 0 Å². The molecule has 1 rings (SSSR count). The highest BCUT2D eigenvalue weighted by molar-refractivity contribution is 9.10. The van der Waals surface area contributed by atoms with Gasteiger partial charge in [0, 0.05) is 10.2 Å². The van der Waals surface area contributed by atoms with Crippen LogP contribution in [0.15, 0.2) is 22.7 Å². The number of urea groups is 1. The lowest BCUT2D eigenvalue weighted by Crippen LogP contribution is -2.46. The van der Waals surface area contributed by atoms with Crippen molar-refractivity contribution in [1.29, 1.82) is 0 Å². The van der Waals surface area contributed by atoms with Gasteiger partial charge >= 0.3 is 12.0 Å². The summed E-state index contributed by atoms with van der Waals surface area (Å²) in [7, 11) is 0. The maximum absolute atomic E-state index is 11.9. The molecule has 0 aliphatic carbocycles. The predicted molar refractivity (Wildman–Crippen MR) is 81.9 cm³/mol. The van der Waals surface area contributed by atoms with Crippen molar-refractivity contribution in [3.05, 3.63) is 28.2 Å². The molecule has 2 atom stereocenters. The summed E-state index contributed by atoms with van der Waals surface area (Å²) in [5.74, 6) is -1.16. The number of aliphatic carboxylic acids is 1. The maximum atomic E-state index is 11.9. The summed E-state index contributed by atoms with van der Waals surface area (Å²) in [5, 5.41) is 14.3. The Bertz CT molecular complexity index is 505. The molecule has 0 bridgehead atoms. The highest BCUT2D eigenvalue weighted by Crippen LogP contribution is 2.23. The molecule has 1 unspecified atom stereocenters. The zero-order chi connectivity index (χ0) is 15.3. The van der Waals surface area contributed by atoms with Crippen LogP contribution in [0.1, 0.15) is 25.8 Å². The van der Waals surface area contributed by atoms with Crippen molar-refractivity contribution in [2.75, 3.05) is 5.32 Å². The number of carboxylic acid groups (broad SMARTS) is 1. The van der Waals surface area contributed by atoms with Crippen LogP contribution in [0.3, 0.4) is 0 Å². The highest BCUT2D eigenvalue weighted by Gasteiger charge is 2.25. The molecule has 110 valence electrons. The van der Waals surface area contributed by atoms with E-state index in [4.69, 9.17) is 5.11 Å². The topological polar surface area (TPSA) is 78.4 Å². The Morgan fingerprint density at radius 1 is 1.40 bits per heavy atom. The zero-order valence-corrected chi connectivity index (χ0v) is 13.3. The SMILES string of the molecule is CCC(C)[C@H](NC(=O)Nc1cccc(Br)c1C)C(=O)O. The number of hydrogen-bond acceptors (Lipinski definition) is 2. The van der Waals surface area contributed by atoms with Gasteiger partial charge in [0.05, 0.1) is 0 Å². The van der Waals surface area contributed by atoms with Gasteiger partial charge in [0.15, 0.2) is 0 Å². The highest BCUT2D eigenvalue weighted by atomic mass is 79.9. The number of rotatable bonds is 5. The van der Waals surface area contributed by atoms with Crippen LogP contribution in [0.4, 0.5) is 10.5 Å². The van der Waals surface area contributed by atoms with Crippen LogP contribution in [-0.4, -0.2) is 23.1 Å². The van der Waals surface area contributed by atoms with E-state index >= 15 is 0 Å². The van der Waals surface area contributed by atoms with E-state index in [0.29, 0.717) is 12.1 Å². The van der Waals surface area contributed by atoms with Crippen molar-refractivity contribution in [2.24, 2.45) is 5.92 Å². The summed E-state index contributed by atoms with van der Waals surface area (Å²) < 4.78 is 0.881. The molecule has 0 saturated carbocycles. The average Bonchev–Trinajstić information content (AvgIpc) is 2.40. The number of carbonyl (C=O) groups is 2. The molecule has 0 aromatic heterocycles. The number of nitrogens with one attached hydrogen (secondary N) is 2. The number of carbonyl (C=O) groups excluding carboxylic acids is 1. The summed E-state index contributed by atoms with van der Waals surface area (Å²) >= 11 is 3.38. The van der Waals surface area contributed by atoms with E-state index in [1.807, 2.05) is 19.9 Å². The van der Waals surface area contributed by atoms with E-state index in [-0.39, 0.29) is 5.92 Å². The van der Waals surface area contributed by atoms with Gasteiger partial charge in [-0.15, -0.1) is 0 Å². The van der Waals surface area contributed by atoms with Gasteiger partial charge < -0.3 is 15.7 Å². The lowest BCUT2D eigenvalue weighted by atomic mass is 9.99. The first-order chi connectivity index (χ1) is 9.36. The fraction of sp³-hybridized carbons (Fsp3) is 0.429. The molecule has 0 fully saturated rings. The first-order valence-corrected chi connectivity index (χ1v) is 7.21. The molecular weight excluding hydrogens is 324 g/mol. The second-order valence-corrected chi connectivity index (χ2v) is 5.57. The monoisotopic (exact) mass is 342 g/mol. The Kier molecular flexibility index (Phi) is 6.01. The molecule has 0 aliphatic rings. The van der Waals surface area contributed by atoms with E-state index < -0.39 is 18.0 Å². The van der Waals surface area contributed by atoms with Crippen LogP contribution >= 0.6 is 15.9 Å². The Hall–Kier alpha value is -1.56. The van der Waals surface area contributed by atoms with Gasteiger partial charge in [-0.2, -0.15) is 0 Å². The molecule has 0 saturated heterocycles. The van der Waals surface area contributed by atoms with Crippen molar-refractivity contribution in [3.8, 4) is 0 Å². The minimum atomic E-state index is -1.03. The van der Waals surface area contributed by atoms with Gasteiger partial charge in [-0.3, -0.25) is 0 Å². The molecule has 0 radical (unpaired) electrons. The third-order valence-corrected chi connectivity index (χ3v) is 4.14. The number of carboxylic acids is 1. The Morgan fingerprint density at radius 2 is 2.05 bits per heavy atom. The van der Waals surface area contributed by atoms with E-state index in [0.717, 1.165) is 10.0 Å². The molecule has 5 nitrogen and oxygen atoms in total. The van der Waals surface area contributed by atoms with E-state index in [1.54, 1.807) is 19.1 Å². The van der Waals surface area contributed by atoms with Crippen LogP contribution in [0, 0.1) is 12.8 Å². The standard InChI is InChI=1S/C14H19BrN2O3/c1-4-8(2)12(13(18)19)17-14(20)16-11-7-5-6-10(15)9(11)3/h5-8,12H,4H2,1-3H3,(H,18,19)(H2,16,17,20)/t8?,12-/m0/s1. The van der Waals surface area contributed by atoms with Crippen LogP contribution < -0.4 is 10.6 Å². The molecule has 6 heteroatoms. The number of hydrogen-bond donors (Lipinski definition) is 3. The second kappa shape index (κ2) is 7.28. The van der Waals surface area contributed by atoms with Crippen molar-refractivity contribution >= 4 is 33.6 Å². The van der Waals surface area contributed by atoms with Crippen LogP contribution in [-0.2, 0) is 4.79 Å². The molecule has 3 N–H and O–H groups in total. The number of halogens is 1. The zero-order valence-electron chi connectivity index (χ0n) is 11.7. The summed E-state index contributed by atoms with van der Waals surface area (Å²) in [6.07, 6.45) is 0.674. The van der Waals surface area contributed by atoms with Crippen molar-refractivity contribution in [2.45, 2.75) is 33.2 Å². The van der Waals surface area contributed by atoms with E-state index in [1.165, 1.54) is 0 Å². The average molecular weight is 343 g/mol. The number of amides is 2. The molecule has 0 spiro atoms. The molecule has 1 aromatic rings. The minimum Gasteiger partial charge on any atom is -0.480 e. The summed E-state index contributed by atoms with van der Waals surface area (Å²) in [4.78, 5) is 23.1. The molecule has 20 heavy (non-hydrogen) atoms. The van der Waals surface area contributed by atoms with Crippen molar-refractivity contribution < 1.29 is 14.7 Å². The fourth-order valence-corrected chi connectivity index (χ4v) is 2.09. The first kappa shape index (κ1) is 16.5. The summed E-state index contributed by atoms with van der Waals surface area (Å²) in [6, 6.07) is 4.03. The lowest BCUT2D eigenvalue weighted by molar-refractivity contribution is -0.140. The van der Waals surface area contributed by atoms with Crippen molar-refractivity contribution in [1.82, 2.24) is 5.32 Å². The molecule has 1 aromatic carbocycles. The fourth-order valence-electron chi connectivity index (χ4n) is 1.73. The third kappa shape index (κ3) is 4.23. The number of benzene rings is 1. The number of anilines is 1. The van der Waals surface area contributed by atoms with Gasteiger partial charge in [-0.1, -0.05) is 42.3 Å². The molecule has 2 amide bonds. The normalized spacial score (nSPS) is 13.4. The van der Waals surface area contributed by atoms with Crippen molar-refractivity contribution in [3.63, 3.8) is 0 Å². The molecule has 0 heterocycles. The summed E-state index contributed by atoms with van der Waals surface area (Å²) in [6.45, 7) is 5.55. The maximum Gasteiger partial charge on any atom is 0.326 e. The predicted octanol–water partition coefficient (Wildman–Crippen LogP) is 3.38. The third-order valence-electron chi connectivity index (χ3n) is 3.28. The van der Waals surface area contributed by atoms with Gasteiger partial charge in [-0.25, -0.2) is 9.59 Å². The Labute approximate surface area is 126 Å². The molecule has 0 aliphatic heterocycles. The Balaban J connectivity index is 2.76.